The summed E-state index contributed by atoms with van der Waals surface area (Å²) in [6.45, 7) is 0.881. The highest BCUT2D eigenvalue weighted by Gasteiger charge is 2.12. The fourth-order valence-electron chi connectivity index (χ4n) is 1.24. The van der Waals surface area contributed by atoms with Gasteiger partial charge in [-0.25, -0.2) is 13.1 Å². The van der Waals surface area contributed by atoms with Gasteiger partial charge in [0, 0.05) is 25.9 Å². The molecule has 0 unspecified atom stereocenters. The van der Waals surface area contributed by atoms with E-state index in [4.69, 9.17) is 10.6 Å². The summed E-state index contributed by atoms with van der Waals surface area (Å²) in [5.74, 6) is 5.19. The Kier molecular flexibility index (Phi) is 5.36. The number of anilines is 1. The van der Waals surface area contributed by atoms with E-state index >= 15 is 0 Å². The van der Waals surface area contributed by atoms with Gasteiger partial charge in [-0.1, -0.05) is 0 Å². The van der Waals surface area contributed by atoms with Crippen molar-refractivity contribution in [3.05, 3.63) is 24.3 Å². The highest BCUT2D eigenvalue weighted by Crippen LogP contribution is 2.12. The third kappa shape index (κ3) is 4.31. The van der Waals surface area contributed by atoms with Crippen LogP contribution in [0, 0.1) is 0 Å². The van der Waals surface area contributed by atoms with Crippen molar-refractivity contribution >= 4 is 15.7 Å². The molecule has 4 N–H and O–H groups in total. The molecule has 0 aliphatic carbocycles. The first-order chi connectivity index (χ1) is 8.10. The van der Waals surface area contributed by atoms with Gasteiger partial charge in [-0.05, 0) is 30.7 Å². The zero-order chi connectivity index (χ0) is 12.7. The summed E-state index contributed by atoms with van der Waals surface area (Å²) in [4.78, 5) is 0.217. The number of nitrogens with one attached hydrogen (secondary N) is 2. The van der Waals surface area contributed by atoms with Crippen molar-refractivity contribution in [2.45, 2.75) is 11.3 Å². The van der Waals surface area contributed by atoms with E-state index in [1.165, 1.54) is 12.1 Å². The molecule has 0 aliphatic rings. The number of hydrazine groups is 1. The van der Waals surface area contributed by atoms with Gasteiger partial charge in [-0.3, -0.25) is 5.84 Å². The second kappa shape index (κ2) is 6.55. The molecule has 7 heteroatoms. The first-order valence-corrected chi connectivity index (χ1v) is 6.64. The Hall–Kier alpha value is -1.15. The number of ether oxygens (including phenoxy) is 1. The Morgan fingerprint density at radius 1 is 1.29 bits per heavy atom. The van der Waals surface area contributed by atoms with Crippen LogP contribution in [-0.4, -0.2) is 28.7 Å². The standard InChI is InChI=1S/C10H17N3O3S/c1-16-8-2-7-12-17(14,15)10-5-3-9(13-11)4-6-10/h3-6,12-13H,2,7-8,11H2,1H3. The van der Waals surface area contributed by atoms with Crippen LogP contribution in [0.1, 0.15) is 6.42 Å². The van der Waals surface area contributed by atoms with Crippen LogP contribution in [0.4, 0.5) is 5.69 Å². The fourth-order valence-corrected chi connectivity index (χ4v) is 2.31. The number of nitrogen functional groups attached to an aromatic ring is 1. The van der Waals surface area contributed by atoms with Gasteiger partial charge in [0.15, 0.2) is 0 Å². The predicted molar refractivity (Wildman–Crippen MR) is 65.9 cm³/mol. The molecular weight excluding hydrogens is 242 g/mol. The first kappa shape index (κ1) is 13.9. The minimum absolute atomic E-state index is 0.217. The van der Waals surface area contributed by atoms with Gasteiger partial charge in [-0.2, -0.15) is 0 Å². The minimum atomic E-state index is -3.44. The van der Waals surface area contributed by atoms with E-state index in [1.807, 2.05) is 0 Å². The van der Waals surface area contributed by atoms with Crippen molar-refractivity contribution in [3.8, 4) is 0 Å². The third-order valence-electron chi connectivity index (χ3n) is 2.15. The van der Waals surface area contributed by atoms with E-state index in [1.54, 1.807) is 19.2 Å². The van der Waals surface area contributed by atoms with Crippen molar-refractivity contribution < 1.29 is 13.2 Å². The maximum Gasteiger partial charge on any atom is 0.240 e. The maximum atomic E-state index is 11.8. The second-order valence-corrected chi connectivity index (χ2v) is 5.18. The predicted octanol–water partition coefficient (Wildman–Crippen LogP) is 0.287. The molecule has 0 amide bonds. The lowest BCUT2D eigenvalue weighted by atomic mass is 10.3. The van der Waals surface area contributed by atoms with Crippen LogP contribution in [0.25, 0.3) is 0 Å². The molecule has 17 heavy (non-hydrogen) atoms. The highest BCUT2D eigenvalue weighted by molar-refractivity contribution is 7.89. The maximum absolute atomic E-state index is 11.8. The Morgan fingerprint density at radius 2 is 1.94 bits per heavy atom. The van der Waals surface area contributed by atoms with Crippen LogP contribution >= 0.6 is 0 Å². The van der Waals surface area contributed by atoms with E-state index < -0.39 is 10.0 Å². The van der Waals surface area contributed by atoms with Gasteiger partial charge >= 0.3 is 0 Å². The molecule has 0 spiro atoms. The monoisotopic (exact) mass is 259 g/mol. The summed E-state index contributed by atoms with van der Waals surface area (Å²) < 4.78 is 30.9. The molecular formula is C10H17N3O3S. The largest absolute Gasteiger partial charge is 0.385 e. The van der Waals surface area contributed by atoms with Crippen molar-refractivity contribution in [2.24, 2.45) is 5.84 Å². The van der Waals surface area contributed by atoms with Crippen molar-refractivity contribution in [3.63, 3.8) is 0 Å². The SMILES string of the molecule is COCCCNS(=O)(=O)c1ccc(NN)cc1. The number of methoxy groups -OCH3 is 1. The van der Waals surface area contributed by atoms with Gasteiger partial charge < -0.3 is 10.2 Å². The summed E-state index contributed by atoms with van der Waals surface area (Å²) >= 11 is 0. The Morgan fingerprint density at radius 3 is 2.47 bits per heavy atom. The number of hydrogen-bond donors (Lipinski definition) is 3. The van der Waals surface area contributed by atoms with E-state index in [-0.39, 0.29) is 4.90 Å². The summed E-state index contributed by atoms with van der Waals surface area (Å²) in [6, 6.07) is 6.19. The molecule has 1 aromatic carbocycles. The molecule has 1 aromatic rings. The molecule has 0 bridgehead atoms. The Labute approximate surface area is 101 Å². The number of sulfonamides is 1. The van der Waals surface area contributed by atoms with Crippen molar-refractivity contribution in [1.82, 2.24) is 4.72 Å². The van der Waals surface area contributed by atoms with Crippen LogP contribution in [0.15, 0.2) is 29.2 Å². The fraction of sp³-hybridized carbons (Fsp3) is 0.400. The van der Waals surface area contributed by atoms with Gasteiger partial charge in [0.1, 0.15) is 0 Å². The van der Waals surface area contributed by atoms with Gasteiger partial charge in [0.05, 0.1) is 4.90 Å². The van der Waals surface area contributed by atoms with Crippen LogP contribution in [0.5, 0.6) is 0 Å². The lowest BCUT2D eigenvalue weighted by Crippen LogP contribution is -2.25. The van der Waals surface area contributed by atoms with Gasteiger partial charge in [0.25, 0.3) is 0 Å². The molecule has 6 nitrogen and oxygen atoms in total. The molecule has 0 atom stereocenters. The zero-order valence-electron chi connectivity index (χ0n) is 9.64. The van der Waals surface area contributed by atoms with Gasteiger partial charge in [-0.15, -0.1) is 0 Å². The average molecular weight is 259 g/mol. The average Bonchev–Trinajstić information content (AvgIpc) is 2.35. The summed E-state index contributed by atoms with van der Waals surface area (Å²) in [5, 5.41) is 0. The van der Waals surface area contributed by atoms with Crippen LogP contribution in [-0.2, 0) is 14.8 Å². The highest BCUT2D eigenvalue weighted by atomic mass is 32.2. The zero-order valence-corrected chi connectivity index (χ0v) is 10.5. The molecule has 0 saturated carbocycles. The Balaban J connectivity index is 2.62. The molecule has 0 fully saturated rings. The lowest BCUT2D eigenvalue weighted by Gasteiger charge is -2.07. The van der Waals surface area contributed by atoms with E-state index in [9.17, 15) is 8.42 Å². The molecule has 0 saturated heterocycles. The number of hydrogen-bond acceptors (Lipinski definition) is 5. The van der Waals surface area contributed by atoms with E-state index in [2.05, 4.69) is 10.1 Å². The molecule has 96 valence electrons. The second-order valence-electron chi connectivity index (χ2n) is 3.41. The normalized spacial score (nSPS) is 11.4. The van der Waals surface area contributed by atoms with Crippen molar-refractivity contribution in [2.75, 3.05) is 25.7 Å². The first-order valence-electron chi connectivity index (χ1n) is 5.15. The van der Waals surface area contributed by atoms with E-state index in [0.29, 0.717) is 25.3 Å². The molecule has 0 aliphatic heterocycles. The summed E-state index contributed by atoms with van der Waals surface area (Å²) in [7, 11) is -1.86. The molecule has 0 heterocycles. The lowest BCUT2D eigenvalue weighted by molar-refractivity contribution is 0.196. The minimum Gasteiger partial charge on any atom is -0.385 e. The number of nitrogens with two attached hydrogens (primary N) is 1. The summed E-state index contributed by atoms with van der Waals surface area (Å²) in [6.07, 6.45) is 0.637. The quantitative estimate of drug-likeness (QED) is 0.372. The van der Waals surface area contributed by atoms with Gasteiger partial charge in [0.2, 0.25) is 10.0 Å². The summed E-state index contributed by atoms with van der Waals surface area (Å²) in [5.41, 5.74) is 3.09. The van der Waals surface area contributed by atoms with E-state index in [0.717, 1.165) is 0 Å². The topological polar surface area (TPSA) is 93.4 Å². The van der Waals surface area contributed by atoms with Crippen molar-refractivity contribution in [1.29, 1.82) is 0 Å². The van der Waals surface area contributed by atoms with Crippen LogP contribution < -0.4 is 16.0 Å². The third-order valence-corrected chi connectivity index (χ3v) is 3.63. The number of benzene rings is 1. The van der Waals surface area contributed by atoms with Crippen LogP contribution in [0.3, 0.4) is 0 Å². The molecule has 1 rings (SSSR count). The Bertz CT molecular complexity index is 431. The van der Waals surface area contributed by atoms with Crippen LogP contribution in [0.2, 0.25) is 0 Å². The molecule has 0 radical (unpaired) electrons. The smallest absolute Gasteiger partial charge is 0.240 e. The number of rotatable bonds is 7. The molecule has 0 aromatic heterocycles.